The van der Waals surface area contributed by atoms with Crippen molar-refractivity contribution in [1.82, 2.24) is 15.3 Å². The van der Waals surface area contributed by atoms with E-state index in [1.807, 2.05) is 36.4 Å². The van der Waals surface area contributed by atoms with E-state index in [1.165, 1.54) is 6.33 Å². The molecule has 0 aliphatic carbocycles. The topological polar surface area (TPSA) is 95.0 Å². The first-order valence-corrected chi connectivity index (χ1v) is 8.85. The molecule has 7 heteroatoms. The lowest BCUT2D eigenvalue weighted by Crippen LogP contribution is -2.32. The fraction of sp³-hybridized carbons (Fsp3) is 0.211. The first-order chi connectivity index (χ1) is 12.3. The van der Waals surface area contributed by atoms with Crippen LogP contribution in [0.3, 0.4) is 0 Å². The zero-order valence-corrected chi connectivity index (χ0v) is 16.0. The van der Waals surface area contributed by atoms with Gasteiger partial charge in [0.05, 0.1) is 16.7 Å². The van der Waals surface area contributed by atoms with E-state index >= 15 is 0 Å². The number of aromatic nitrogens is 2. The van der Waals surface area contributed by atoms with Crippen LogP contribution in [0.15, 0.2) is 53.3 Å². The number of nitrogens with zero attached hydrogens (tertiary/aromatic N) is 2. The minimum absolute atomic E-state index is 0.170. The maximum atomic E-state index is 9.84. The Hall–Kier alpha value is -2.51. The number of nitrogens with one attached hydrogen (secondary N) is 2. The van der Waals surface area contributed by atoms with Crippen LogP contribution in [0, 0.1) is 5.41 Å². The molecule has 0 radical (unpaired) electrons. The Bertz CT molecular complexity index is 959. The zero-order valence-electron chi connectivity index (χ0n) is 14.5. The molecule has 2 heterocycles. The number of hydrogen-bond acceptors (Lipinski definition) is 6. The number of allylic oxidation sites excluding steroid dienone is 1. The summed E-state index contributed by atoms with van der Waals surface area (Å²) in [6.07, 6.45) is 3.07. The Labute approximate surface area is 159 Å². The molecule has 0 saturated carbocycles. The molecule has 134 valence electrons. The van der Waals surface area contributed by atoms with Crippen LogP contribution >= 0.6 is 15.9 Å². The van der Waals surface area contributed by atoms with Gasteiger partial charge in [0.25, 0.3) is 0 Å². The molecule has 2 aromatic heterocycles. The van der Waals surface area contributed by atoms with Crippen LogP contribution in [0.25, 0.3) is 28.0 Å². The predicted octanol–water partition coefficient (Wildman–Crippen LogP) is 3.96. The van der Waals surface area contributed by atoms with Gasteiger partial charge in [0.2, 0.25) is 5.71 Å². The first kappa shape index (κ1) is 18.3. The lowest BCUT2D eigenvalue weighted by molar-refractivity contribution is 0.0836. The molecule has 1 aromatic carbocycles. The maximum Gasteiger partial charge on any atom is 0.230 e. The summed E-state index contributed by atoms with van der Waals surface area (Å²) in [7, 11) is 0. The highest BCUT2D eigenvalue weighted by atomic mass is 79.9. The quantitative estimate of drug-likeness (QED) is 0.530. The molecule has 26 heavy (non-hydrogen) atoms. The van der Waals surface area contributed by atoms with Gasteiger partial charge in [0, 0.05) is 23.9 Å². The Morgan fingerprint density at radius 2 is 2.04 bits per heavy atom. The van der Waals surface area contributed by atoms with E-state index in [4.69, 9.17) is 9.83 Å². The highest BCUT2D eigenvalue weighted by molar-refractivity contribution is 9.18. The van der Waals surface area contributed by atoms with Crippen LogP contribution in [-0.4, -0.2) is 31.8 Å². The summed E-state index contributed by atoms with van der Waals surface area (Å²) >= 11 is 3.22. The summed E-state index contributed by atoms with van der Waals surface area (Å²) in [4.78, 5) is 8.54. The molecule has 0 aliphatic heterocycles. The second-order valence-electron chi connectivity index (χ2n) is 6.48. The molecule has 0 saturated heterocycles. The molecule has 3 N–H and O–H groups in total. The molecule has 6 nitrogen and oxygen atoms in total. The lowest BCUT2D eigenvalue weighted by atomic mass is 10.1. The van der Waals surface area contributed by atoms with Crippen molar-refractivity contribution in [3.05, 3.63) is 54.6 Å². The van der Waals surface area contributed by atoms with Crippen molar-refractivity contribution in [2.24, 2.45) is 0 Å². The zero-order chi connectivity index (χ0) is 18.7. The smallest absolute Gasteiger partial charge is 0.230 e. The van der Waals surface area contributed by atoms with Gasteiger partial charge in [-0.2, -0.15) is 0 Å². The number of rotatable bonds is 6. The van der Waals surface area contributed by atoms with Gasteiger partial charge in [0.15, 0.2) is 0 Å². The van der Waals surface area contributed by atoms with Crippen LogP contribution in [0.1, 0.15) is 19.5 Å². The standard InChI is InChI=1S/C19H19BrN4O2/c1-19(2,25)10-22-9-14(17(20)21)16-13-8-15(12-6-4-3-5-7-12)26-18(13)24-11-23-16/h3-9,11,21-22,25H,10H2,1-2H3/b14-9-,21-17?. The number of furan rings is 1. The third-order valence-electron chi connectivity index (χ3n) is 3.66. The van der Waals surface area contributed by atoms with Crippen LogP contribution in [0.5, 0.6) is 0 Å². The largest absolute Gasteiger partial charge is 0.438 e. The second kappa shape index (κ2) is 7.39. The second-order valence-corrected chi connectivity index (χ2v) is 7.28. The van der Waals surface area contributed by atoms with E-state index in [1.54, 1.807) is 20.0 Å². The summed E-state index contributed by atoms with van der Waals surface area (Å²) in [6.45, 7) is 3.75. The van der Waals surface area contributed by atoms with Gasteiger partial charge in [-0.05, 0) is 35.8 Å². The average Bonchev–Trinajstić information content (AvgIpc) is 3.03. The summed E-state index contributed by atoms with van der Waals surface area (Å²) in [5.74, 6) is 0.687. The van der Waals surface area contributed by atoms with Crippen LogP contribution < -0.4 is 5.32 Å². The Balaban J connectivity index is 2.04. The fourth-order valence-corrected chi connectivity index (χ4v) is 2.76. The third-order valence-corrected chi connectivity index (χ3v) is 4.09. The van der Waals surface area contributed by atoms with Gasteiger partial charge in [-0.1, -0.05) is 30.3 Å². The van der Waals surface area contributed by atoms with E-state index in [0.29, 0.717) is 34.7 Å². The molecule has 0 bridgehead atoms. The van der Waals surface area contributed by atoms with Crippen molar-refractivity contribution in [2.75, 3.05) is 6.54 Å². The Kier molecular flexibility index (Phi) is 5.20. The number of hydrogen-bond donors (Lipinski definition) is 3. The predicted molar refractivity (Wildman–Crippen MR) is 106 cm³/mol. The van der Waals surface area contributed by atoms with Gasteiger partial charge >= 0.3 is 0 Å². The van der Waals surface area contributed by atoms with E-state index in [0.717, 1.165) is 5.56 Å². The Morgan fingerprint density at radius 3 is 2.69 bits per heavy atom. The van der Waals surface area contributed by atoms with E-state index in [2.05, 4.69) is 31.2 Å². The fourth-order valence-electron chi connectivity index (χ4n) is 2.45. The summed E-state index contributed by atoms with van der Waals surface area (Å²) in [5, 5.41) is 21.6. The summed E-state index contributed by atoms with van der Waals surface area (Å²) in [5.41, 5.74) is 1.65. The Morgan fingerprint density at radius 1 is 1.31 bits per heavy atom. The van der Waals surface area contributed by atoms with Gasteiger partial charge in [-0.15, -0.1) is 0 Å². The van der Waals surface area contributed by atoms with Gasteiger partial charge < -0.3 is 14.8 Å². The molecule has 0 aliphatic rings. The normalized spacial score (nSPS) is 12.4. The summed E-state index contributed by atoms with van der Waals surface area (Å²) in [6, 6.07) is 11.6. The molecule has 3 rings (SSSR count). The molecular formula is C19H19BrN4O2. The van der Waals surface area contributed by atoms with Gasteiger partial charge in [-0.3, -0.25) is 5.41 Å². The highest BCUT2D eigenvalue weighted by Gasteiger charge is 2.17. The SMILES string of the molecule is CC(C)(O)CN/C=C(\C(=N)Br)c1ncnc2oc(-c3ccccc3)cc12. The number of fused-ring (bicyclic) bond motifs is 1. The van der Waals surface area contributed by atoms with Crippen molar-refractivity contribution >= 4 is 37.2 Å². The van der Waals surface area contributed by atoms with E-state index in [-0.39, 0.29) is 4.62 Å². The highest BCUT2D eigenvalue weighted by Crippen LogP contribution is 2.31. The van der Waals surface area contributed by atoms with Gasteiger partial charge in [-0.25, -0.2) is 9.97 Å². The van der Waals surface area contributed by atoms with Crippen molar-refractivity contribution in [2.45, 2.75) is 19.4 Å². The number of aliphatic hydroxyl groups is 1. The van der Waals surface area contributed by atoms with Crippen LogP contribution in [0.2, 0.25) is 0 Å². The van der Waals surface area contributed by atoms with Gasteiger partial charge in [0.1, 0.15) is 16.7 Å². The van der Waals surface area contributed by atoms with Crippen molar-refractivity contribution in [3.63, 3.8) is 0 Å². The summed E-state index contributed by atoms with van der Waals surface area (Å²) < 4.78 is 6.03. The number of benzene rings is 1. The molecular weight excluding hydrogens is 396 g/mol. The third kappa shape index (κ3) is 4.17. The van der Waals surface area contributed by atoms with E-state index < -0.39 is 5.60 Å². The van der Waals surface area contributed by atoms with Crippen molar-refractivity contribution in [3.8, 4) is 11.3 Å². The minimum atomic E-state index is -0.868. The minimum Gasteiger partial charge on any atom is -0.438 e. The molecule has 3 aromatic rings. The molecule has 0 amide bonds. The maximum absolute atomic E-state index is 9.84. The van der Waals surface area contributed by atoms with Crippen LogP contribution in [-0.2, 0) is 0 Å². The molecule has 0 fully saturated rings. The molecule has 0 atom stereocenters. The first-order valence-electron chi connectivity index (χ1n) is 8.06. The van der Waals surface area contributed by atoms with Crippen LogP contribution in [0.4, 0.5) is 0 Å². The van der Waals surface area contributed by atoms with Crippen molar-refractivity contribution < 1.29 is 9.52 Å². The van der Waals surface area contributed by atoms with Crippen molar-refractivity contribution in [1.29, 1.82) is 5.41 Å². The lowest BCUT2D eigenvalue weighted by Gasteiger charge is -2.17. The molecule has 0 unspecified atom stereocenters. The number of halogens is 1. The molecule has 0 spiro atoms. The average molecular weight is 415 g/mol. The monoisotopic (exact) mass is 414 g/mol. The van der Waals surface area contributed by atoms with E-state index in [9.17, 15) is 5.11 Å².